The highest BCUT2D eigenvalue weighted by Crippen LogP contribution is 2.43. The molecule has 1 heterocycles. The maximum Gasteiger partial charge on any atom is 0.197 e. The molecular weight excluding hydrogens is 172 g/mol. The van der Waals surface area contributed by atoms with Gasteiger partial charge in [-0.15, -0.1) is 0 Å². The Hall–Kier alpha value is -0.920. The van der Waals surface area contributed by atoms with E-state index < -0.39 is 0 Å². The molecule has 0 amide bonds. The molecule has 0 aromatic carbocycles. The third kappa shape index (κ3) is 1.24. The van der Waals surface area contributed by atoms with Gasteiger partial charge in [0.2, 0.25) is 0 Å². The van der Waals surface area contributed by atoms with Crippen molar-refractivity contribution in [1.82, 2.24) is 9.97 Å². The Morgan fingerprint density at radius 1 is 1.21 bits per heavy atom. The zero-order chi connectivity index (χ0) is 9.38. The Morgan fingerprint density at radius 2 is 2.14 bits per heavy atom. The Morgan fingerprint density at radius 3 is 3.14 bits per heavy atom. The Bertz CT molecular complexity index is 335. The minimum atomic E-state index is 0.728. The van der Waals surface area contributed by atoms with E-state index in [9.17, 15) is 0 Å². The van der Waals surface area contributed by atoms with Crippen molar-refractivity contribution >= 4 is 0 Å². The third-order valence-corrected chi connectivity index (χ3v) is 3.82. The molecule has 2 unspecified atom stereocenters. The van der Waals surface area contributed by atoms with Crippen LogP contribution < -0.4 is 0 Å². The van der Waals surface area contributed by atoms with Crippen LogP contribution in [0.25, 0.3) is 0 Å². The zero-order valence-electron chi connectivity index (χ0n) is 8.37. The zero-order valence-corrected chi connectivity index (χ0v) is 8.37. The summed E-state index contributed by atoms with van der Waals surface area (Å²) in [6, 6.07) is 0. The summed E-state index contributed by atoms with van der Waals surface area (Å²) < 4.78 is 0. The van der Waals surface area contributed by atoms with Crippen molar-refractivity contribution in [3.8, 4) is 0 Å². The van der Waals surface area contributed by atoms with Gasteiger partial charge in [-0.05, 0) is 37.2 Å². The molecule has 0 bridgehead atoms. The van der Waals surface area contributed by atoms with Gasteiger partial charge in [-0.1, -0.05) is 12.8 Å². The standard InChI is InChI=1S/C12H15N2/c1-2-4-11-9(3-1)5-6-10-7-13-8-14-12(10)11/h7,9,11H,1-6H2. The van der Waals surface area contributed by atoms with Crippen molar-refractivity contribution in [2.75, 3.05) is 0 Å². The van der Waals surface area contributed by atoms with Gasteiger partial charge in [0.05, 0.1) is 5.69 Å². The predicted octanol–water partition coefficient (Wildman–Crippen LogP) is 2.50. The number of aryl methyl sites for hydroxylation is 1. The maximum atomic E-state index is 4.37. The van der Waals surface area contributed by atoms with Gasteiger partial charge in [-0.25, -0.2) is 9.97 Å². The first kappa shape index (κ1) is 8.39. The van der Waals surface area contributed by atoms with Crippen LogP contribution in [0.1, 0.15) is 49.3 Å². The van der Waals surface area contributed by atoms with E-state index in [1.165, 1.54) is 49.8 Å². The van der Waals surface area contributed by atoms with Crippen LogP contribution in [0.2, 0.25) is 0 Å². The first-order valence-corrected chi connectivity index (χ1v) is 5.67. The fraction of sp³-hybridized carbons (Fsp3) is 0.667. The van der Waals surface area contributed by atoms with Gasteiger partial charge in [-0.2, -0.15) is 0 Å². The van der Waals surface area contributed by atoms with Crippen LogP contribution in [0.15, 0.2) is 6.20 Å². The molecule has 3 rings (SSSR count). The highest BCUT2D eigenvalue weighted by molar-refractivity contribution is 5.24. The van der Waals surface area contributed by atoms with Crippen molar-refractivity contribution < 1.29 is 0 Å². The second kappa shape index (κ2) is 3.34. The van der Waals surface area contributed by atoms with Crippen molar-refractivity contribution in [2.24, 2.45) is 5.92 Å². The lowest BCUT2D eigenvalue weighted by Crippen LogP contribution is -2.25. The molecule has 73 valence electrons. The molecule has 0 saturated heterocycles. The average Bonchev–Trinajstić information content (AvgIpc) is 2.29. The van der Waals surface area contributed by atoms with Crippen molar-refractivity contribution in [1.29, 1.82) is 0 Å². The lowest BCUT2D eigenvalue weighted by atomic mass is 9.70. The molecule has 14 heavy (non-hydrogen) atoms. The third-order valence-electron chi connectivity index (χ3n) is 3.82. The molecule has 0 N–H and O–H groups in total. The van der Waals surface area contributed by atoms with Gasteiger partial charge in [0.15, 0.2) is 6.33 Å². The predicted molar refractivity (Wildman–Crippen MR) is 53.9 cm³/mol. The number of rotatable bonds is 0. The van der Waals surface area contributed by atoms with E-state index in [-0.39, 0.29) is 0 Å². The fourth-order valence-electron chi connectivity index (χ4n) is 3.10. The molecule has 1 saturated carbocycles. The van der Waals surface area contributed by atoms with E-state index in [0.29, 0.717) is 0 Å². The summed E-state index contributed by atoms with van der Waals surface area (Å²) in [4.78, 5) is 8.37. The Balaban J connectivity index is 1.99. The van der Waals surface area contributed by atoms with E-state index in [1.807, 2.05) is 6.20 Å². The van der Waals surface area contributed by atoms with E-state index in [1.54, 1.807) is 0 Å². The van der Waals surface area contributed by atoms with Gasteiger partial charge in [0, 0.05) is 12.1 Å². The second-order valence-electron chi connectivity index (χ2n) is 4.57. The van der Waals surface area contributed by atoms with Crippen molar-refractivity contribution in [2.45, 2.75) is 44.4 Å². The van der Waals surface area contributed by atoms with Crippen molar-refractivity contribution in [3.05, 3.63) is 23.8 Å². The number of fused-ring (bicyclic) bond motifs is 3. The monoisotopic (exact) mass is 187 g/mol. The molecule has 0 aliphatic heterocycles. The van der Waals surface area contributed by atoms with Crippen LogP contribution in [0.4, 0.5) is 0 Å². The van der Waals surface area contributed by atoms with Gasteiger partial charge in [0.1, 0.15) is 0 Å². The fourth-order valence-corrected chi connectivity index (χ4v) is 3.10. The molecule has 1 aromatic heterocycles. The summed E-state index contributed by atoms with van der Waals surface area (Å²) in [6.45, 7) is 0. The molecule has 0 spiro atoms. The molecule has 2 atom stereocenters. The van der Waals surface area contributed by atoms with Crippen LogP contribution in [0, 0.1) is 12.2 Å². The number of hydrogen-bond donors (Lipinski definition) is 0. The Labute approximate surface area is 84.8 Å². The summed E-state index contributed by atoms with van der Waals surface area (Å²) in [7, 11) is 0. The van der Waals surface area contributed by atoms with Gasteiger partial charge in [-0.3, -0.25) is 0 Å². The number of nitrogens with zero attached hydrogens (tertiary/aromatic N) is 2. The van der Waals surface area contributed by atoms with E-state index >= 15 is 0 Å². The summed E-state index contributed by atoms with van der Waals surface area (Å²) in [5.41, 5.74) is 2.70. The highest BCUT2D eigenvalue weighted by atomic mass is 14.8. The number of hydrogen-bond acceptors (Lipinski definition) is 2. The minimum absolute atomic E-state index is 0.728. The lowest BCUT2D eigenvalue weighted by Gasteiger charge is -2.35. The van der Waals surface area contributed by atoms with Gasteiger partial charge in [0.25, 0.3) is 0 Å². The first-order chi connectivity index (χ1) is 6.95. The van der Waals surface area contributed by atoms with E-state index in [0.717, 1.165) is 11.8 Å². The Kier molecular flexibility index (Phi) is 2.00. The summed E-state index contributed by atoms with van der Waals surface area (Å²) in [6.07, 6.45) is 12.8. The largest absolute Gasteiger partial charge is 0.233 e. The molecule has 1 fully saturated rings. The molecule has 2 aliphatic rings. The lowest BCUT2D eigenvalue weighted by molar-refractivity contribution is 0.270. The molecule has 1 aromatic rings. The number of aromatic nitrogens is 2. The molecule has 2 aliphatic carbocycles. The average molecular weight is 187 g/mol. The van der Waals surface area contributed by atoms with Crippen LogP contribution in [-0.4, -0.2) is 9.97 Å². The van der Waals surface area contributed by atoms with Crippen LogP contribution in [-0.2, 0) is 6.42 Å². The molecule has 2 heteroatoms. The summed E-state index contributed by atoms with van der Waals surface area (Å²) in [5, 5.41) is 0. The van der Waals surface area contributed by atoms with Crippen LogP contribution >= 0.6 is 0 Å². The first-order valence-electron chi connectivity index (χ1n) is 5.67. The normalized spacial score (nSPS) is 30.6. The quantitative estimate of drug-likeness (QED) is 0.623. The van der Waals surface area contributed by atoms with Crippen molar-refractivity contribution in [3.63, 3.8) is 0 Å². The van der Waals surface area contributed by atoms with Gasteiger partial charge >= 0.3 is 0 Å². The molecular formula is C12H15N2. The maximum absolute atomic E-state index is 4.37. The highest BCUT2D eigenvalue weighted by Gasteiger charge is 2.32. The van der Waals surface area contributed by atoms with Crippen LogP contribution in [0.5, 0.6) is 0 Å². The van der Waals surface area contributed by atoms with Crippen LogP contribution in [0.3, 0.4) is 0 Å². The summed E-state index contributed by atoms with van der Waals surface area (Å²) >= 11 is 0. The second-order valence-corrected chi connectivity index (χ2v) is 4.57. The smallest absolute Gasteiger partial charge is 0.197 e. The van der Waals surface area contributed by atoms with E-state index in [2.05, 4.69) is 16.3 Å². The summed E-state index contributed by atoms with van der Waals surface area (Å²) in [5.74, 6) is 1.63. The van der Waals surface area contributed by atoms with Gasteiger partial charge < -0.3 is 0 Å². The minimum Gasteiger partial charge on any atom is -0.233 e. The SMILES string of the molecule is [c]1ncc2c(n1)C1CCCCC1CC2. The topological polar surface area (TPSA) is 25.8 Å². The van der Waals surface area contributed by atoms with E-state index in [4.69, 9.17) is 0 Å². The molecule has 1 radical (unpaired) electrons. The molecule has 2 nitrogen and oxygen atoms in total.